The van der Waals surface area contributed by atoms with Crippen molar-refractivity contribution < 1.29 is 29.0 Å². The molecule has 3 heterocycles. The van der Waals surface area contributed by atoms with E-state index in [1.165, 1.54) is 0 Å². The Morgan fingerprint density at radius 1 is 1.18 bits per heavy atom. The highest BCUT2D eigenvalue weighted by Gasteiger charge is 2.50. The molecular formula is C25H38N2O6Si. The number of amides is 2. The van der Waals surface area contributed by atoms with Gasteiger partial charge in [-0.05, 0) is 62.4 Å². The van der Waals surface area contributed by atoms with Crippen LogP contribution in [0.4, 0.5) is 10.5 Å². The zero-order valence-electron chi connectivity index (χ0n) is 20.5. The fourth-order valence-corrected chi connectivity index (χ4v) is 8.64. The first kappa shape index (κ1) is 25.2. The monoisotopic (exact) mass is 490 g/mol. The Bertz CT molecular complexity index is 873. The molecule has 3 aliphatic rings. The van der Waals surface area contributed by atoms with Crippen LogP contribution >= 0.6 is 0 Å². The predicted octanol–water partition coefficient (Wildman–Crippen LogP) is 2.92. The molecular weight excluding hydrogens is 452 g/mol. The Kier molecular flexibility index (Phi) is 7.66. The highest BCUT2D eigenvalue weighted by Crippen LogP contribution is 2.45. The number of hydrogen-bond acceptors (Lipinski definition) is 6. The number of carbonyl (C=O) groups excluding carboxylic acids is 2. The van der Waals surface area contributed by atoms with Crippen molar-refractivity contribution in [2.45, 2.75) is 75.9 Å². The smallest absolute Gasteiger partial charge is 0.414 e. The first-order chi connectivity index (χ1) is 16.2. The normalized spacial score (nSPS) is 29.7. The number of ether oxygens (including phenoxy) is 2. The molecule has 0 saturated carbocycles. The largest absolute Gasteiger partial charge is 0.447 e. The third-order valence-corrected chi connectivity index (χ3v) is 10.3. The molecule has 0 aromatic heterocycles. The molecule has 3 aliphatic heterocycles. The third-order valence-electron chi connectivity index (χ3n) is 7.73. The van der Waals surface area contributed by atoms with Gasteiger partial charge in [-0.25, -0.2) is 4.79 Å². The van der Waals surface area contributed by atoms with Crippen molar-refractivity contribution in [3.63, 3.8) is 0 Å². The SMILES string of the molecule is C[C@H]1[C@H]([Si](C)(C)O)[C@@H](CC(=O)N2CCC[C@H]2CO)O[C@H]1CCc1ccc(N2CCOC2=O)cc1. The van der Waals surface area contributed by atoms with E-state index >= 15 is 0 Å². The number of benzene rings is 1. The molecule has 8 nitrogen and oxygen atoms in total. The first-order valence-corrected chi connectivity index (χ1v) is 15.5. The van der Waals surface area contributed by atoms with Gasteiger partial charge in [0.2, 0.25) is 5.91 Å². The zero-order valence-corrected chi connectivity index (χ0v) is 21.5. The highest BCUT2D eigenvalue weighted by atomic mass is 28.4. The van der Waals surface area contributed by atoms with Crippen molar-refractivity contribution in [3.8, 4) is 0 Å². The second-order valence-electron chi connectivity index (χ2n) is 10.5. The molecule has 1 aromatic carbocycles. The standard InChI is InChI=1S/C25H38N2O6Si/c1-17-21(11-8-18-6-9-19(10-7-18)27-13-14-32-25(27)30)33-22(24(17)34(2,3)31)15-23(29)26-12-4-5-20(26)16-28/h6-7,9-10,17,20-22,24,28,31H,4-5,8,11-16H2,1-3H3/t17-,20+,21+,22-,24+/m1/s1. The Labute approximate surface area is 203 Å². The number of aliphatic hydroxyl groups is 1. The van der Waals surface area contributed by atoms with Gasteiger partial charge in [0, 0.05) is 17.8 Å². The van der Waals surface area contributed by atoms with Gasteiger partial charge in [-0.1, -0.05) is 19.1 Å². The van der Waals surface area contributed by atoms with E-state index in [0.717, 1.165) is 36.9 Å². The minimum absolute atomic E-state index is 0.00228. The molecule has 0 unspecified atom stereocenters. The van der Waals surface area contributed by atoms with Crippen LogP contribution in [-0.4, -0.2) is 79.7 Å². The Morgan fingerprint density at radius 2 is 1.91 bits per heavy atom. The maximum Gasteiger partial charge on any atom is 0.414 e. The molecule has 0 bridgehead atoms. The fraction of sp³-hybridized carbons (Fsp3) is 0.680. The second kappa shape index (κ2) is 10.4. The molecule has 5 atom stereocenters. The van der Waals surface area contributed by atoms with E-state index in [0.29, 0.717) is 19.7 Å². The summed E-state index contributed by atoms with van der Waals surface area (Å²) < 4.78 is 11.5. The summed E-state index contributed by atoms with van der Waals surface area (Å²) >= 11 is 0. The van der Waals surface area contributed by atoms with Gasteiger partial charge in [0.25, 0.3) is 0 Å². The number of anilines is 1. The zero-order chi connectivity index (χ0) is 24.5. The van der Waals surface area contributed by atoms with Crippen molar-refractivity contribution >= 4 is 26.0 Å². The Hall–Kier alpha value is -1.94. The van der Waals surface area contributed by atoms with Crippen molar-refractivity contribution in [1.29, 1.82) is 0 Å². The van der Waals surface area contributed by atoms with E-state index in [4.69, 9.17) is 9.47 Å². The lowest BCUT2D eigenvalue weighted by Gasteiger charge is -2.31. The lowest BCUT2D eigenvalue weighted by atomic mass is 9.95. The summed E-state index contributed by atoms with van der Waals surface area (Å²) in [6.07, 6.45) is 3.03. The molecule has 9 heteroatoms. The third kappa shape index (κ3) is 5.32. The first-order valence-electron chi connectivity index (χ1n) is 12.5. The average Bonchev–Trinajstić information content (AvgIpc) is 3.51. The van der Waals surface area contributed by atoms with Gasteiger partial charge in [0.15, 0.2) is 8.32 Å². The van der Waals surface area contributed by atoms with Crippen LogP contribution in [0.25, 0.3) is 0 Å². The van der Waals surface area contributed by atoms with E-state index < -0.39 is 8.32 Å². The number of cyclic esters (lactones) is 1. The number of aliphatic hydroxyl groups excluding tert-OH is 1. The maximum atomic E-state index is 13.0. The van der Waals surface area contributed by atoms with E-state index in [1.807, 2.05) is 37.4 Å². The van der Waals surface area contributed by atoms with Crippen LogP contribution in [0.3, 0.4) is 0 Å². The van der Waals surface area contributed by atoms with Gasteiger partial charge in [-0.2, -0.15) is 0 Å². The number of hydrogen-bond donors (Lipinski definition) is 2. The highest BCUT2D eigenvalue weighted by molar-refractivity contribution is 6.71. The summed E-state index contributed by atoms with van der Waals surface area (Å²) in [5.41, 5.74) is 1.98. The van der Waals surface area contributed by atoms with Crippen molar-refractivity contribution in [3.05, 3.63) is 29.8 Å². The van der Waals surface area contributed by atoms with Crippen LogP contribution < -0.4 is 4.90 Å². The topological polar surface area (TPSA) is 99.5 Å². The number of carbonyl (C=O) groups is 2. The summed E-state index contributed by atoms with van der Waals surface area (Å²) in [5.74, 6) is 0.184. The molecule has 34 heavy (non-hydrogen) atoms. The van der Waals surface area contributed by atoms with Gasteiger partial charge < -0.3 is 24.3 Å². The van der Waals surface area contributed by atoms with Crippen LogP contribution in [0, 0.1) is 5.92 Å². The van der Waals surface area contributed by atoms with Gasteiger partial charge >= 0.3 is 6.09 Å². The van der Waals surface area contributed by atoms with Gasteiger partial charge in [0.1, 0.15) is 6.61 Å². The van der Waals surface area contributed by atoms with Crippen LogP contribution in [-0.2, 0) is 20.7 Å². The lowest BCUT2D eigenvalue weighted by Crippen LogP contribution is -2.43. The van der Waals surface area contributed by atoms with Crippen LogP contribution in [0.5, 0.6) is 0 Å². The summed E-state index contributed by atoms with van der Waals surface area (Å²) in [7, 11) is -2.56. The van der Waals surface area contributed by atoms with Crippen LogP contribution in [0.15, 0.2) is 24.3 Å². The predicted molar refractivity (Wildman–Crippen MR) is 131 cm³/mol. The Morgan fingerprint density at radius 3 is 2.53 bits per heavy atom. The van der Waals surface area contributed by atoms with E-state index in [2.05, 4.69) is 6.92 Å². The maximum absolute atomic E-state index is 13.0. The van der Waals surface area contributed by atoms with Gasteiger partial charge in [0.05, 0.1) is 37.8 Å². The molecule has 4 rings (SSSR count). The molecule has 0 aliphatic carbocycles. The molecule has 0 spiro atoms. The van der Waals surface area contributed by atoms with Crippen LogP contribution in [0.1, 0.15) is 38.2 Å². The van der Waals surface area contributed by atoms with Crippen molar-refractivity contribution in [1.82, 2.24) is 4.90 Å². The van der Waals surface area contributed by atoms with E-state index in [1.54, 1.807) is 9.80 Å². The Balaban J connectivity index is 1.38. The molecule has 0 radical (unpaired) electrons. The molecule has 3 fully saturated rings. The summed E-state index contributed by atoms with van der Waals surface area (Å²) in [4.78, 5) is 39.3. The molecule has 2 N–H and O–H groups in total. The van der Waals surface area contributed by atoms with Crippen molar-refractivity contribution in [2.24, 2.45) is 5.92 Å². The van der Waals surface area contributed by atoms with Crippen molar-refractivity contribution in [2.75, 3.05) is 31.2 Å². The number of aryl methyl sites for hydroxylation is 1. The average molecular weight is 491 g/mol. The second-order valence-corrected chi connectivity index (χ2v) is 14.5. The van der Waals surface area contributed by atoms with Gasteiger partial charge in [-0.3, -0.25) is 9.69 Å². The molecule has 188 valence electrons. The minimum atomic E-state index is -2.56. The van der Waals surface area contributed by atoms with E-state index in [9.17, 15) is 19.5 Å². The molecule has 3 saturated heterocycles. The number of likely N-dealkylation sites (tertiary alicyclic amines) is 1. The fourth-order valence-electron chi connectivity index (χ4n) is 6.03. The van der Waals surface area contributed by atoms with Gasteiger partial charge in [-0.15, -0.1) is 0 Å². The molecule has 1 aromatic rings. The summed E-state index contributed by atoms with van der Waals surface area (Å²) in [5, 5.41) is 9.60. The summed E-state index contributed by atoms with van der Waals surface area (Å²) in [6, 6.07) is 7.87. The molecule has 2 amide bonds. The lowest BCUT2D eigenvalue weighted by molar-refractivity contribution is -0.135. The number of rotatable bonds is 8. The number of nitrogens with zero attached hydrogens (tertiary/aromatic N) is 2. The van der Waals surface area contributed by atoms with Crippen LogP contribution in [0.2, 0.25) is 18.6 Å². The quantitative estimate of drug-likeness (QED) is 0.544. The minimum Gasteiger partial charge on any atom is -0.447 e. The summed E-state index contributed by atoms with van der Waals surface area (Å²) in [6.45, 7) is 7.69. The van der Waals surface area contributed by atoms with E-state index in [-0.39, 0.29) is 54.7 Å².